The molecule has 0 aliphatic carbocycles. The summed E-state index contributed by atoms with van der Waals surface area (Å²) in [7, 11) is 0. The van der Waals surface area contributed by atoms with Crippen LogP contribution in [0.2, 0.25) is 0 Å². The molecular weight excluding hydrogens is 681 g/mol. The summed E-state index contributed by atoms with van der Waals surface area (Å²) in [5.74, 6) is 0. The third-order valence-corrected chi connectivity index (χ3v) is 12.9. The summed E-state index contributed by atoms with van der Waals surface area (Å²) in [6.45, 7) is 4.49. The normalized spacial score (nSPS) is 11.8. The number of hydrogen-bond donors (Lipinski definition) is 0. The molecule has 0 atom stereocenters. The highest BCUT2D eigenvalue weighted by molar-refractivity contribution is 7.26. The fourth-order valence-corrected chi connectivity index (χ4v) is 10.7. The van der Waals surface area contributed by atoms with Crippen LogP contribution in [0.5, 0.6) is 0 Å². The van der Waals surface area contributed by atoms with E-state index in [2.05, 4.69) is 196 Å². The molecule has 1 heteroatoms. The van der Waals surface area contributed by atoms with Gasteiger partial charge >= 0.3 is 0 Å². The van der Waals surface area contributed by atoms with E-state index >= 15 is 0 Å². The number of rotatable bonds is 4. The molecule has 0 fully saturated rings. The second-order valence-electron chi connectivity index (χ2n) is 14.8. The molecule has 0 nitrogen and oxygen atoms in total. The lowest BCUT2D eigenvalue weighted by atomic mass is 9.83. The van der Waals surface area contributed by atoms with Crippen LogP contribution in [-0.2, 0) is 0 Å². The van der Waals surface area contributed by atoms with Crippen molar-refractivity contribution in [3.63, 3.8) is 0 Å². The van der Waals surface area contributed by atoms with E-state index in [1.807, 2.05) is 11.3 Å². The Kier molecular flexibility index (Phi) is 7.27. The van der Waals surface area contributed by atoms with Gasteiger partial charge in [0.05, 0.1) is 0 Å². The number of benzene rings is 10. The van der Waals surface area contributed by atoms with Gasteiger partial charge in [-0.1, -0.05) is 176 Å². The molecular formula is C54H36S. The molecule has 1 aromatic heterocycles. The molecule has 0 aliphatic rings. The third-order valence-electron chi connectivity index (χ3n) is 11.7. The van der Waals surface area contributed by atoms with Crippen LogP contribution in [0.3, 0.4) is 0 Å². The summed E-state index contributed by atoms with van der Waals surface area (Å²) in [5.41, 5.74) is 13.0. The Morgan fingerprint density at radius 3 is 1.24 bits per heavy atom. The van der Waals surface area contributed by atoms with Gasteiger partial charge in [-0.15, -0.1) is 11.3 Å². The van der Waals surface area contributed by atoms with Gasteiger partial charge in [-0.2, -0.15) is 0 Å². The van der Waals surface area contributed by atoms with E-state index in [1.165, 1.54) is 119 Å². The Morgan fingerprint density at radius 2 is 0.691 bits per heavy atom. The summed E-state index contributed by atoms with van der Waals surface area (Å²) in [6.07, 6.45) is 0. The Morgan fingerprint density at radius 1 is 0.291 bits per heavy atom. The molecule has 0 saturated carbocycles. The molecule has 0 aliphatic heterocycles. The molecule has 55 heavy (non-hydrogen) atoms. The molecule has 11 rings (SSSR count). The fourth-order valence-electron chi connectivity index (χ4n) is 9.48. The topological polar surface area (TPSA) is 0 Å². The molecule has 0 saturated heterocycles. The quantitative estimate of drug-likeness (QED) is 0.159. The van der Waals surface area contributed by atoms with Gasteiger partial charge < -0.3 is 0 Å². The zero-order chi connectivity index (χ0) is 36.6. The maximum Gasteiger partial charge on any atom is 0.0434 e. The average molecular weight is 717 g/mol. The van der Waals surface area contributed by atoms with Crippen LogP contribution < -0.4 is 0 Å². The van der Waals surface area contributed by atoms with E-state index < -0.39 is 0 Å². The molecule has 1 heterocycles. The number of aryl methyl sites for hydroxylation is 2. The molecule has 0 spiro atoms. The molecule has 0 bridgehead atoms. The van der Waals surface area contributed by atoms with E-state index in [-0.39, 0.29) is 0 Å². The van der Waals surface area contributed by atoms with Gasteiger partial charge in [0.1, 0.15) is 0 Å². The van der Waals surface area contributed by atoms with Gasteiger partial charge in [0, 0.05) is 25.7 Å². The molecule has 0 unspecified atom stereocenters. The molecule has 258 valence electrons. The molecule has 0 radical (unpaired) electrons. The minimum atomic E-state index is 1.24. The van der Waals surface area contributed by atoms with Gasteiger partial charge in [0.2, 0.25) is 0 Å². The lowest BCUT2D eigenvalue weighted by Crippen LogP contribution is -1.94. The predicted octanol–water partition coefficient (Wildman–Crippen LogP) is 16.0. The lowest BCUT2D eigenvalue weighted by Gasteiger charge is -2.20. The first-order valence-corrected chi connectivity index (χ1v) is 19.9. The third kappa shape index (κ3) is 4.77. The second-order valence-corrected chi connectivity index (χ2v) is 15.8. The van der Waals surface area contributed by atoms with Crippen LogP contribution in [0.1, 0.15) is 11.1 Å². The Bertz CT molecular complexity index is 3190. The van der Waals surface area contributed by atoms with E-state index in [4.69, 9.17) is 0 Å². The Hall–Kier alpha value is -6.54. The zero-order valence-corrected chi connectivity index (χ0v) is 31.5. The Labute approximate surface area is 324 Å². The lowest BCUT2D eigenvalue weighted by molar-refractivity contribution is 1.39. The summed E-state index contributed by atoms with van der Waals surface area (Å²) >= 11 is 1.92. The Balaban J connectivity index is 1.24. The van der Waals surface area contributed by atoms with E-state index in [9.17, 15) is 0 Å². The standard InChI is InChI=1S/C54H36S/c1-33-17-14-18-34(2)48(33)53-42-27-12-10-25-40(42)50(41-26-11-13-28-43(41)53)44-29-16-32-47-52(44)46-31-15-30-45(54(46)55-47)51-38-23-8-6-21-36(38)49(35-19-4-3-5-20-35)37-22-7-9-24-39(37)51/h3-32H,1-2H3. The minimum absolute atomic E-state index is 1.24. The molecule has 0 amide bonds. The van der Waals surface area contributed by atoms with Crippen LogP contribution in [0.25, 0.3) is 108 Å². The highest BCUT2D eigenvalue weighted by atomic mass is 32.1. The second kappa shape index (κ2) is 12.5. The SMILES string of the molecule is Cc1cccc(C)c1-c1c2ccccc2c(-c2cccc3sc4c(-c5c6ccccc6c(-c6ccccc6)c6ccccc56)cccc4c23)c2ccccc12. The minimum Gasteiger partial charge on any atom is -0.135 e. The number of hydrogen-bond acceptors (Lipinski definition) is 1. The van der Waals surface area contributed by atoms with E-state index in [1.54, 1.807) is 0 Å². The van der Waals surface area contributed by atoms with Crippen molar-refractivity contribution < 1.29 is 0 Å². The van der Waals surface area contributed by atoms with Crippen LogP contribution in [0.15, 0.2) is 182 Å². The highest BCUT2D eigenvalue weighted by Gasteiger charge is 2.23. The van der Waals surface area contributed by atoms with Crippen LogP contribution in [-0.4, -0.2) is 0 Å². The maximum absolute atomic E-state index is 2.35. The van der Waals surface area contributed by atoms with Gasteiger partial charge in [-0.3, -0.25) is 0 Å². The van der Waals surface area contributed by atoms with Crippen molar-refractivity contribution >= 4 is 74.6 Å². The van der Waals surface area contributed by atoms with E-state index in [0.717, 1.165) is 0 Å². The summed E-state index contributed by atoms with van der Waals surface area (Å²) in [4.78, 5) is 0. The van der Waals surface area contributed by atoms with Crippen molar-refractivity contribution in [3.8, 4) is 44.5 Å². The van der Waals surface area contributed by atoms with Crippen molar-refractivity contribution in [2.75, 3.05) is 0 Å². The molecule has 0 N–H and O–H groups in total. The molecule has 11 aromatic rings. The number of thiophene rings is 1. The first-order valence-electron chi connectivity index (χ1n) is 19.1. The van der Waals surface area contributed by atoms with Gasteiger partial charge in [-0.05, 0) is 113 Å². The average Bonchev–Trinajstić information content (AvgIpc) is 3.62. The first-order chi connectivity index (χ1) is 27.2. The van der Waals surface area contributed by atoms with Gasteiger partial charge in [0.15, 0.2) is 0 Å². The van der Waals surface area contributed by atoms with Gasteiger partial charge in [-0.25, -0.2) is 0 Å². The van der Waals surface area contributed by atoms with Gasteiger partial charge in [0.25, 0.3) is 0 Å². The zero-order valence-electron chi connectivity index (χ0n) is 30.7. The summed E-state index contributed by atoms with van der Waals surface area (Å²) < 4.78 is 2.63. The van der Waals surface area contributed by atoms with E-state index in [0.29, 0.717) is 0 Å². The highest BCUT2D eigenvalue weighted by Crippen LogP contribution is 2.51. The van der Waals surface area contributed by atoms with Crippen molar-refractivity contribution in [3.05, 3.63) is 193 Å². The van der Waals surface area contributed by atoms with Crippen molar-refractivity contribution in [1.82, 2.24) is 0 Å². The summed E-state index contributed by atoms with van der Waals surface area (Å²) in [6, 6.07) is 67.5. The largest absolute Gasteiger partial charge is 0.135 e. The predicted molar refractivity (Wildman–Crippen MR) is 241 cm³/mol. The van der Waals surface area contributed by atoms with Crippen LogP contribution in [0.4, 0.5) is 0 Å². The van der Waals surface area contributed by atoms with Crippen LogP contribution in [0, 0.1) is 13.8 Å². The van der Waals surface area contributed by atoms with Crippen LogP contribution >= 0.6 is 11.3 Å². The molecule has 10 aromatic carbocycles. The first kappa shape index (κ1) is 31.9. The maximum atomic E-state index is 2.35. The summed E-state index contributed by atoms with van der Waals surface area (Å²) in [5, 5.41) is 12.9. The monoisotopic (exact) mass is 716 g/mol. The fraction of sp³-hybridized carbons (Fsp3) is 0.0370. The van der Waals surface area contributed by atoms with Crippen molar-refractivity contribution in [2.45, 2.75) is 13.8 Å². The smallest absolute Gasteiger partial charge is 0.0434 e. The van der Waals surface area contributed by atoms with Crippen molar-refractivity contribution in [2.24, 2.45) is 0 Å². The van der Waals surface area contributed by atoms with Crippen molar-refractivity contribution in [1.29, 1.82) is 0 Å². The number of fused-ring (bicyclic) bond motifs is 7.